The van der Waals surface area contributed by atoms with E-state index in [-0.39, 0.29) is 11.8 Å². The molecule has 3 N–H and O–H groups in total. The van der Waals surface area contributed by atoms with Crippen molar-refractivity contribution in [3.63, 3.8) is 0 Å². The molecule has 21 heavy (non-hydrogen) atoms. The van der Waals surface area contributed by atoms with Crippen LogP contribution in [-0.4, -0.2) is 16.6 Å². The van der Waals surface area contributed by atoms with Gasteiger partial charge >= 0.3 is 0 Å². The first-order valence-electron chi connectivity index (χ1n) is 8.46. The van der Waals surface area contributed by atoms with Gasteiger partial charge < -0.3 is 10.8 Å². The van der Waals surface area contributed by atoms with Crippen LogP contribution in [0.1, 0.15) is 85.5 Å². The average Bonchev–Trinajstić information content (AvgIpc) is 2.38. The minimum atomic E-state index is -0.624. The molecule has 2 unspecified atom stereocenters. The summed E-state index contributed by atoms with van der Waals surface area (Å²) < 4.78 is 0. The second-order valence-electron chi connectivity index (χ2n) is 6.74. The van der Waals surface area contributed by atoms with Gasteiger partial charge in [-0.2, -0.15) is 0 Å². The molecule has 0 saturated carbocycles. The molecule has 0 aromatic heterocycles. The fourth-order valence-corrected chi connectivity index (χ4v) is 2.46. The monoisotopic (exact) mass is 297 g/mol. The van der Waals surface area contributed by atoms with Gasteiger partial charge in [0, 0.05) is 5.92 Å². The first-order valence-corrected chi connectivity index (χ1v) is 8.46. The van der Waals surface area contributed by atoms with Crippen LogP contribution >= 0.6 is 0 Å². The molecule has 0 rings (SSSR count). The molecule has 3 nitrogen and oxygen atoms in total. The maximum absolute atomic E-state index is 11.0. The van der Waals surface area contributed by atoms with E-state index in [4.69, 9.17) is 5.73 Å². The number of nitrogens with two attached hydrogens (primary N) is 1. The van der Waals surface area contributed by atoms with Crippen molar-refractivity contribution < 1.29 is 9.90 Å². The summed E-state index contributed by atoms with van der Waals surface area (Å²) in [5.41, 5.74) is 6.05. The summed E-state index contributed by atoms with van der Waals surface area (Å²) in [5, 5.41) is 10.4. The van der Waals surface area contributed by atoms with Gasteiger partial charge in [0.2, 0.25) is 5.91 Å². The van der Waals surface area contributed by atoms with Crippen LogP contribution in [0.4, 0.5) is 0 Å². The van der Waals surface area contributed by atoms with Crippen LogP contribution in [0.2, 0.25) is 0 Å². The topological polar surface area (TPSA) is 63.3 Å². The molecule has 0 heterocycles. The number of rotatable bonds is 12. The third kappa shape index (κ3) is 11.5. The smallest absolute Gasteiger partial charge is 0.220 e. The highest BCUT2D eigenvalue weighted by Crippen LogP contribution is 2.23. The highest BCUT2D eigenvalue weighted by molar-refractivity contribution is 5.76. The van der Waals surface area contributed by atoms with Crippen LogP contribution in [0.15, 0.2) is 11.6 Å². The minimum absolute atomic E-state index is 0.0930. The number of hydrogen-bond acceptors (Lipinski definition) is 2. The largest absolute Gasteiger partial charge is 0.390 e. The van der Waals surface area contributed by atoms with E-state index < -0.39 is 5.60 Å². The Kier molecular flexibility index (Phi) is 10.4. The Morgan fingerprint density at radius 1 is 1.29 bits per heavy atom. The number of allylic oxidation sites excluding steroid dienone is 2. The van der Waals surface area contributed by atoms with Crippen molar-refractivity contribution in [1.29, 1.82) is 0 Å². The second-order valence-corrected chi connectivity index (χ2v) is 6.74. The average molecular weight is 297 g/mol. The van der Waals surface area contributed by atoms with Crippen LogP contribution < -0.4 is 5.73 Å². The van der Waals surface area contributed by atoms with E-state index in [1.807, 2.05) is 13.8 Å². The highest BCUT2D eigenvalue weighted by Gasteiger charge is 2.20. The van der Waals surface area contributed by atoms with Crippen molar-refractivity contribution in [2.45, 2.75) is 91.1 Å². The van der Waals surface area contributed by atoms with Gasteiger partial charge in [-0.25, -0.2) is 0 Å². The molecule has 3 heteroatoms. The zero-order valence-corrected chi connectivity index (χ0v) is 14.5. The van der Waals surface area contributed by atoms with Gasteiger partial charge in [0.05, 0.1) is 5.60 Å². The zero-order chi connectivity index (χ0) is 16.3. The normalized spacial score (nSPS) is 16.5. The Labute approximate surface area is 131 Å². The SMILES string of the molecule is CCCC/C=C(\C)CCCC(C)(O)CCCC(C)C(N)=O. The van der Waals surface area contributed by atoms with E-state index in [2.05, 4.69) is 19.9 Å². The number of primary amides is 1. The zero-order valence-electron chi connectivity index (χ0n) is 14.5. The molecule has 0 aliphatic heterocycles. The van der Waals surface area contributed by atoms with Gasteiger partial charge in [-0.1, -0.05) is 38.3 Å². The molecule has 0 saturated heterocycles. The van der Waals surface area contributed by atoms with Crippen molar-refractivity contribution in [3.05, 3.63) is 11.6 Å². The van der Waals surface area contributed by atoms with E-state index in [0.29, 0.717) is 0 Å². The number of carbonyl (C=O) groups excluding carboxylic acids is 1. The summed E-state index contributed by atoms with van der Waals surface area (Å²) in [4.78, 5) is 11.0. The quantitative estimate of drug-likeness (QED) is 0.416. The van der Waals surface area contributed by atoms with Crippen LogP contribution in [0.3, 0.4) is 0 Å². The van der Waals surface area contributed by atoms with Crippen molar-refractivity contribution >= 4 is 5.91 Å². The van der Waals surface area contributed by atoms with Gasteiger partial charge in [0.25, 0.3) is 0 Å². The number of amides is 1. The van der Waals surface area contributed by atoms with Gasteiger partial charge in [-0.05, 0) is 58.8 Å². The number of hydrogen-bond donors (Lipinski definition) is 2. The molecule has 0 aliphatic rings. The van der Waals surface area contributed by atoms with Crippen molar-refractivity contribution in [3.8, 4) is 0 Å². The lowest BCUT2D eigenvalue weighted by molar-refractivity contribution is -0.121. The Bertz CT molecular complexity index is 321. The molecule has 0 aromatic carbocycles. The van der Waals surface area contributed by atoms with Crippen LogP contribution in [-0.2, 0) is 4.79 Å². The third-order valence-electron chi connectivity index (χ3n) is 4.18. The van der Waals surface area contributed by atoms with Gasteiger partial charge in [-0.15, -0.1) is 0 Å². The third-order valence-corrected chi connectivity index (χ3v) is 4.18. The molecule has 1 amide bonds. The molecule has 0 radical (unpaired) electrons. The van der Waals surface area contributed by atoms with Crippen LogP contribution in [0.25, 0.3) is 0 Å². The van der Waals surface area contributed by atoms with Crippen LogP contribution in [0, 0.1) is 5.92 Å². The highest BCUT2D eigenvalue weighted by atomic mass is 16.3. The van der Waals surface area contributed by atoms with E-state index in [1.54, 1.807) is 0 Å². The standard InChI is InChI=1S/C18H35NO2/c1-5-6-7-10-15(2)11-8-13-18(4,21)14-9-12-16(3)17(19)20/h10,16,21H,5-9,11-14H2,1-4H3,(H2,19,20)/b15-10+. The van der Waals surface area contributed by atoms with E-state index in [1.165, 1.54) is 24.8 Å². The van der Waals surface area contributed by atoms with Gasteiger partial charge in [0.15, 0.2) is 0 Å². The molecule has 124 valence electrons. The lowest BCUT2D eigenvalue weighted by Gasteiger charge is -2.23. The van der Waals surface area contributed by atoms with Crippen molar-refractivity contribution in [1.82, 2.24) is 0 Å². The van der Waals surface area contributed by atoms with Gasteiger partial charge in [-0.3, -0.25) is 4.79 Å². The summed E-state index contributed by atoms with van der Waals surface area (Å²) in [5.74, 6) is -0.341. The Morgan fingerprint density at radius 2 is 1.90 bits per heavy atom. The van der Waals surface area contributed by atoms with Gasteiger partial charge in [0.1, 0.15) is 0 Å². The summed E-state index contributed by atoms with van der Waals surface area (Å²) in [6.45, 7) is 8.14. The second kappa shape index (κ2) is 10.8. The summed E-state index contributed by atoms with van der Waals surface area (Å²) in [6.07, 6.45) is 11.3. The molecule has 0 aromatic rings. The van der Waals surface area contributed by atoms with Crippen molar-refractivity contribution in [2.75, 3.05) is 0 Å². The van der Waals surface area contributed by atoms with Crippen molar-refractivity contribution in [2.24, 2.45) is 11.7 Å². The first-order chi connectivity index (χ1) is 9.78. The summed E-state index contributed by atoms with van der Waals surface area (Å²) >= 11 is 0. The summed E-state index contributed by atoms with van der Waals surface area (Å²) in [6, 6.07) is 0. The molecule has 0 bridgehead atoms. The molecule has 2 atom stereocenters. The Balaban J connectivity index is 3.86. The maximum Gasteiger partial charge on any atom is 0.220 e. The number of carbonyl (C=O) groups is 1. The lowest BCUT2D eigenvalue weighted by Crippen LogP contribution is -2.25. The molecule has 0 fully saturated rings. The fourth-order valence-electron chi connectivity index (χ4n) is 2.46. The van der Waals surface area contributed by atoms with E-state index in [0.717, 1.165) is 38.5 Å². The predicted molar refractivity (Wildman–Crippen MR) is 90.0 cm³/mol. The lowest BCUT2D eigenvalue weighted by atomic mass is 9.90. The van der Waals surface area contributed by atoms with E-state index in [9.17, 15) is 9.90 Å². The Hall–Kier alpha value is -0.830. The molecule has 0 spiro atoms. The molecular formula is C18H35NO2. The molecule has 0 aliphatic carbocycles. The molecular weight excluding hydrogens is 262 g/mol. The Morgan fingerprint density at radius 3 is 2.48 bits per heavy atom. The number of unbranched alkanes of at least 4 members (excludes halogenated alkanes) is 2. The summed E-state index contributed by atoms with van der Waals surface area (Å²) in [7, 11) is 0. The fraction of sp³-hybridized carbons (Fsp3) is 0.833. The predicted octanol–water partition coefficient (Wildman–Crippen LogP) is 4.34. The van der Waals surface area contributed by atoms with E-state index >= 15 is 0 Å². The van der Waals surface area contributed by atoms with Crippen LogP contribution in [0.5, 0.6) is 0 Å². The maximum atomic E-state index is 11.0. The number of aliphatic hydroxyl groups is 1. The minimum Gasteiger partial charge on any atom is -0.390 e. The first kappa shape index (κ1) is 20.2.